The van der Waals surface area contributed by atoms with E-state index in [1.54, 1.807) is 15.8 Å². The lowest BCUT2D eigenvalue weighted by molar-refractivity contribution is -0.109. The van der Waals surface area contributed by atoms with Crippen molar-refractivity contribution in [3.8, 4) is 6.07 Å². The SMILES string of the molecule is CN(C)CC1COC2(CCCC2)CN1S(=O)(=O)c1ccsc1C#N. The van der Waals surface area contributed by atoms with Gasteiger partial charge in [0, 0.05) is 13.1 Å². The number of hydrogen-bond acceptors (Lipinski definition) is 6. The van der Waals surface area contributed by atoms with Crippen LogP contribution < -0.4 is 0 Å². The van der Waals surface area contributed by atoms with Crippen LogP contribution in [0.4, 0.5) is 0 Å². The number of nitrogens with zero attached hydrogens (tertiary/aromatic N) is 3. The molecular formula is C16H23N3O3S2. The van der Waals surface area contributed by atoms with Crippen molar-refractivity contribution in [3.63, 3.8) is 0 Å². The summed E-state index contributed by atoms with van der Waals surface area (Å²) < 4.78 is 34.3. The minimum absolute atomic E-state index is 0.133. The molecule has 1 saturated heterocycles. The maximum absolute atomic E-state index is 13.3. The van der Waals surface area contributed by atoms with Crippen molar-refractivity contribution in [2.24, 2.45) is 0 Å². The summed E-state index contributed by atoms with van der Waals surface area (Å²) in [6.45, 7) is 1.39. The Bertz CT molecular complexity index is 730. The Balaban J connectivity index is 1.96. The third-order valence-electron chi connectivity index (χ3n) is 4.84. The lowest BCUT2D eigenvalue weighted by atomic mass is 9.99. The first-order chi connectivity index (χ1) is 11.4. The maximum atomic E-state index is 13.3. The smallest absolute Gasteiger partial charge is 0.245 e. The van der Waals surface area contributed by atoms with Crippen molar-refractivity contribution in [1.82, 2.24) is 9.21 Å². The molecule has 2 fully saturated rings. The molecule has 1 aromatic rings. The fraction of sp³-hybridized carbons (Fsp3) is 0.688. The van der Waals surface area contributed by atoms with Crippen molar-refractivity contribution in [2.75, 3.05) is 33.8 Å². The van der Waals surface area contributed by atoms with Crippen LogP contribution in [0.2, 0.25) is 0 Å². The standard InChI is InChI=1S/C16H23N3O3S2/c1-18(2)10-13-11-22-16(6-3-4-7-16)12-19(13)24(20,21)15-5-8-23-14(15)9-17/h5,8,13H,3-4,6-7,10-12H2,1-2H3. The molecule has 0 bridgehead atoms. The van der Waals surface area contributed by atoms with Gasteiger partial charge in [-0.2, -0.15) is 9.57 Å². The molecule has 0 amide bonds. The van der Waals surface area contributed by atoms with Gasteiger partial charge < -0.3 is 9.64 Å². The van der Waals surface area contributed by atoms with Gasteiger partial charge in [0.15, 0.2) is 0 Å². The summed E-state index contributed by atoms with van der Waals surface area (Å²) in [4.78, 5) is 2.36. The molecule has 1 aliphatic carbocycles. The number of hydrogen-bond donors (Lipinski definition) is 0. The van der Waals surface area contributed by atoms with Gasteiger partial charge >= 0.3 is 0 Å². The molecule has 6 nitrogen and oxygen atoms in total. The summed E-state index contributed by atoms with van der Waals surface area (Å²) in [5.74, 6) is 0. The zero-order valence-electron chi connectivity index (χ0n) is 14.1. The Hall–Kier alpha value is -0.980. The largest absolute Gasteiger partial charge is 0.372 e. The highest BCUT2D eigenvalue weighted by molar-refractivity contribution is 7.89. The Labute approximate surface area is 147 Å². The van der Waals surface area contributed by atoms with Gasteiger partial charge in [-0.05, 0) is 38.4 Å². The molecule has 8 heteroatoms. The van der Waals surface area contributed by atoms with Crippen LogP contribution in [0.3, 0.4) is 0 Å². The summed E-state index contributed by atoms with van der Waals surface area (Å²) >= 11 is 1.17. The van der Waals surface area contributed by atoms with E-state index in [9.17, 15) is 13.7 Å². The third-order valence-corrected chi connectivity index (χ3v) is 7.73. The van der Waals surface area contributed by atoms with E-state index in [1.165, 1.54) is 11.3 Å². The molecule has 132 valence electrons. The van der Waals surface area contributed by atoms with E-state index in [0.29, 0.717) is 19.7 Å². The molecule has 1 aromatic heterocycles. The predicted octanol–water partition coefficient (Wildman–Crippen LogP) is 1.88. The number of ether oxygens (including phenoxy) is 1. The minimum Gasteiger partial charge on any atom is -0.372 e. The summed E-state index contributed by atoms with van der Waals surface area (Å²) in [7, 11) is 0.148. The summed E-state index contributed by atoms with van der Waals surface area (Å²) in [5, 5.41) is 10.9. The van der Waals surface area contributed by atoms with Gasteiger partial charge in [-0.3, -0.25) is 0 Å². The van der Waals surface area contributed by atoms with Gasteiger partial charge in [-0.1, -0.05) is 12.8 Å². The Morgan fingerprint density at radius 2 is 2.17 bits per heavy atom. The van der Waals surface area contributed by atoms with Gasteiger partial charge in [0.2, 0.25) is 10.0 Å². The second-order valence-electron chi connectivity index (χ2n) is 6.89. The third kappa shape index (κ3) is 3.24. The average molecular weight is 370 g/mol. The maximum Gasteiger partial charge on any atom is 0.245 e. The van der Waals surface area contributed by atoms with Crippen LogP contribution in [0, 0.1) is 11.3 Å². The van der Waals surface area contributed by atoms with E-state index in [0.717, 1.165) is 25.7 Å². The fourth-order valence-electron chi connectivity index (χ4n) is 3.69. The predicted molar refractivity (Wildman–Crippen MR) is 92.4 cm³/mol. The zero-order valence-corrected chi connectivity index (χ0v) is 15.7. The molecule has 0 N–H and O–H groups in total. The van der Waals surface area contributed by atoms with Crippen LogP contribution in [0.25, 0.3) is 0 Å². The van der Waals surface area contributed by atoms with E-state index in [-0.39, 0.29) is 21.4 Å². The zero-order chi connectivity index (χ0) is 17.4. The highest BCUT2D eigenvalue weighted by Gasteiger charge is 2.47. The van der Waals surface area contributed by atoms with Crippen LogP contribution in [-0.2, 0) is 14.8 Å². The van der Waals surface area contributed by atoms with Crippen LogP contribution >= 0.6 is 11.3 Å². The molecule has 0 radical (unpaired) electrons. The van der Waals surface area contributed by atoms with Crippen LogP contribution in [-0.4, -0.2) is 63.1 Å². The highest BCUT2D eigenvalue weighted by atomic mass is 32.2. The summed E-state index contributed by atoms with van der Waals surface area (Å²) in [6, 6.07) is 3.32. The first-order valence-electron chi connectivity index (χ1n) is 8.16. The molecule has 1 saturated carbocycles. The molecule has 1 unspecified atom stereocenters. The molecular weight excluding hydrogens is 346 g/mol. The van der Waals surface area contributed by atoms with Crippen LogP contribution in [0.15, 0.2) is 16.3 Å². The number of likely N-dealkylation sites (N-methyl/N-ethyl adjacent to an activating group) is 1. The lowest BCUT2D eigenvalue weighted by Crippen LogP contribution is -2.59. The molecule has 1 spiro atoms. The van der Waals surface area contributed by atoms with Crippen molar-refractivity contribution in [1.29, 1.82) is 5.26 Å². The van der Waals surface area contributed by atoms with Crippen LogP contribution in [0.5, 0.6) is 0 Å². The Morgan fingerprint density at radius 3 is 2.79 bits per heavy atom. The van der Waals surface area contributed by atoms with Crippen molar-refractivity contribution in [2.45, 2.75) is 42.2 Å². The molecule has 3 rings (SSSR count). The minimum atomic E-state index is -3.71. The van der Waals surface area contributed by atoms with E-state index < -0.39 is 10.0 Å². The molecule has 24 heavy (non-hydrogen) atoms. The second kappa shape index (κ2) is 6.73. The number of sulfonamides is 1. The fourth-order valence-corrected chi connectivity index (χ4v) is 6.51. The molecule has 2 heterocycles. The number of nitriles is 1. The van der Waals surface area contributed by atoms with E-state index in [1.807, 2.05) is 25.1 Å². The van der Waals surface area contributed by atoms with Crippen molar-refractivity contribution >= 4 is 21.4 Å². The van der Waals surface area contributed by atoms with Gasteiger partial charge in [0.1, 0.15) is 15.8 Å². The number of morpholine rings is 1. The number of rotatable bonds is 4. The monoisotopic (exact) mass is 369 g/mol. The van der Waals surface area contributed by atoms with Crippen molar-refractivity contribution in [3.05, 3.63) is 16.3 Å². The second-order valence-corrected chi connectivity index (χ2v) is 9.67. The van der Waals surface area contributed by atoms with Gasteiger partial charge in [0.05, 0.1) is 18.2 Å². The van der Waals surface area contributed by atoms with E-state index in [4.69, 9.17) is 4.74 Å². The number of thiophene rings is 1. The molecule has 0 aromatic carbocycles. The molecule has 2 aliphatic rings. The summed E-state index contributed by atoms with van der Waals surface area (Å²) in [5.41, 5.74) is -0.349. The van der Waals surface area contributed by atoms with Crippen LogP contribution in [0.1, 0.15) is 30.6 Å². The normalized spacial score (nSPS) is 24.5. The van der Waals surface area contributed by atoms with Gasteiger partial charge in [0.25, 0.3) is 0 Å². The quantitative estimate of drug-likeness (QED) is 0.810. The first-order valence-corrected chi connectivity index (χ1v) is 10.5. The lowest BCUT2D eigenvalue weighted by Gasteiger charge is -2.45. The Morgan fingerprint density at radius 1 is 1.46 bits per heavy atom. The topological polar surface area (TPSA) is 73.6 Å². The first kappa shape index (κ1) is 17.8. The molecule has 1 aliphatic heterocycles. The Kier molecular flexibility index (Phi) is 5.00. The van der Waals surface area contributed by atoms with E-state index in [2.05, 4.69) is 0 Å². The van der Waals surface area contributed by atoms with E-state index >= 15 is 0 Å². The summed E-state index contributed by atoms with van der Waals surface area (Å²) in [6.07, 6.45) is 3.97. The molecule has 1 atom stereocenters. The van der Waals surface area contributed by atoms with Gasteiger partial charge in [-0.25, -0.2) is 8.42 Å². The highest BCUT2D eigenvalue weighted by Crippen LogP contribution is 2.39. The van der Waals surface area contributed by atoms with Crippen molar-refractivity contribution < 1.29 is 13.2 Å². The van der Waals surface area contributed by atoms with Gasteiger partial charge in [-0.15, -0.1) is 11.3 Å². The average Bonchev–Trinajstić information content (AvgIpc) is 3.18.